The van der Waals surface area contributed by atoms with Crippen LogP contribution in [-0.2, 0) is 11.2 Å². The number of benzene rings is 2. The zero-order valence-corrected chi connectivity index (χ0v) is 14.4. The number of non-ortho nitro benzene ring substituents is 1. The number of fused-ring (bicyclic) bond motifs is 1. The highest BCUT2D eigenvalue weighted by Gasteiger charge is 2.26. The van der Waals surface area contributed by atoms with Gasteiger partial charge in [-0.2, -0.15) is 0 Å². The zero-order valence-electron chi connectivity index (χ0n) is 13.6. The molecule has 1 amide bonds. The van der Waals surface area contributed by atoms with Crippen LogP contribution in [0.4, 0.5) is 11.4 Å². The van der Waals surface area contributed by atoms with Gasteiger partial charge in [-0.05, 0) is 55.2 Å². The normalized spacial score (nSPS) is 13.0. The van der Waals surface area contributed by atoms with Crippen LogP contribution < -0.4 is 4.90 Å². The van der Waals surface area contributed by atoms with Crippen LogP contribution in [0.15, 0.2) is 41.3 Å². The molecule has 2 aromatic rings. The van der Waals surface area contributed by atoms with Crippen molar-refractivity contribution in [3.8, 4) is 0 Å². The van der Waals surface area contributed by atoms with Crippen LogP contribution in [0.1, 0.15) is 16.7 Å². The van der Waals surface area contributed by atoms with Gasteiger partial charge >= 0.3 is 0 Å². The molecule has 1 heterocycles. The minimum Gasteiger partial charge on any atom is -0.311 e. The van der Waals surface area contributed by atoms with Gasteiger partial charge in [0.15, 0.2) is 0 Å². The van der Waals surface area contributed by atoms with Gasteiger partial charge in [0.05, 0.1) is 10.7 Å². The summed E-state index contributed by atoms with van der Waals surface area (Å²) >= 11 is 1.52. The van der Waals surface area contributed by atoms with Crippen molar-refractivity contribution in [3.05, 3.63) is 63.2 Å². The summed E-state index contributed by atoms with van der Waals surface area (Å²) in [4.78, 5) is 25.8. The lowest BCUT2D eigenvalue weighted by Gasteiger charge is -2.17. The fourth-order valence-corrected chi connectivity index (χ4v) is 3.66. The lowest BCUT2D eigenvalue weighted by molar-refractivity contribution is -0.384. The van der Waals surface area contributed by atoms with Crippen LogP contribution in [-0.4, -0.2) is 23.1 Å². The first-order valence-electron chi connectivity index (χ1n) is 7.73. The van der Waals surface area contributed by atoms with Gasteiger partial charge in [-0.3, -0.25) is 14.9 Å². The molecule has 3 rings (SSSR count). The first-order chi connectivity index (χ1) is 11.5. The summed E-state index contributed by atoms with van der Waals surface area (Å²) < 4.78 is 0. The standard InChI is InChI=1S/C18H18N2O3S/c1-12-3-5-16(9-13(12)2)24-11-18(21)19-8-7-14-10-15(20(22)23)4-6-17(14)19/h3-6,9-10H,7-8,11H2,1-2H3. The SMILES string of the molecule is Cc1ccc(SCC(=O)N2CCc3cc([N+](=O)[O-])ccc32)cc1C. The predicted molar refractivity (Wildman–Crippen MR) is 95.8 cm³/mol. The van der Waals surface area contributed by atoms with E-state index in [1.807, 2.05) is 6.07 Å². The van der Waals surface area contributed by atoms with Crippen molar-refractivity contribution in [2.75, 3.05) is 17.2 Å². The number of nitrogens with zero attached hydrogens (tertiary/aromatic N) is 2. The Kier molecular flexibility index (Phi) is 4.57. The number of amides is 1. The van der Waals surface area contributed by atoms with Crippen LogP contribution >= 0.6 is 11.8 Å². The van der Waals surface area contributed by atoms with Gasteiger partial charge in [0, 0.05) is 29.3 Å². The third-order valence-corrected chi connectivity index (χ3v) is 5.29. The predicted octanol–water partition coefficient (Wildman–Crippen LogP) is 3.89. The van der Waals surface area contributed by atoms with Crippen LogP contribution in [0.25, 0.3) is 0 Å². The Balaban J connectivity index is 1.69. The number of hydrogen-bond donors (Lipinski definition) is 0. The number of rotatable bonds is 4. The minimum atomic E-state index is -0.402. The Hall–Kier alpha value is -2.34. The van der Waals surface area contributed by atoms with Crippen molar-refractivity contribution in [3.63, 3.8) is 0 Å². The van der Waals surface area contributed by atoms with Gasteiger partial charge in [0.25, 0.3) is 5.69 Å². The molecule has 6 heteroatoms. The van der Waals surface area contributed by atoms with Crippen LogP contribution in [0.2, 0.25) is 0 Å². The fourth-order valence-electron chi connectivity index (χ4n) is 2.79. The summed E-state index contributed by atoms with van der Waals surface area (Å²) in [6.45, 7) is 4.71. The fraction of sp³-hybridized carbons (Fsp3) is 0.278. The van der Waals surface area contributed by atoms with Gasteiger partial charge in [-0.25, -0.2) is 0 Å². The monoisotopic (exact) mass is 342 g/mol. The van der Waals surface area contributed by atoms with Gasteiger partial charge in [0.2, 0.25) is 5.91 Å². The van der Waals surface area contributed by atoms with E-state index in [0.717, 1.165) is 16.1 Å². The molecule has 0 aliphatic carbocycles. The van der Waals surface area contributed by atoms with Crippen LogP contribution in [0, 0.1) is 24.0 Å². The summed E-state index contributed by atoms with van der Waals surface area (Å²) in [5.41, 5.74) is 4.19. The number of thioether (sulfide) groups is 1. The highest BCUT2D eigenvalue weighted by atomic mass is 32.2. The number of carbonyl (C=O) groups is 1. The Bertz CT molecular complexity index is 820. The first-order valence-corrected chi connectivity index (χ1v) is 8.72. The zero-order chi connectivity index (χ0) is 17.3. The quantitative estimate of drug-likeness (QED) is 0.480. The summed E-state index contributed by atoms with van der Waals surface area (Å²) in [5.74, 6) is 0.393. The van der Waals surface area contributed by atoms with Gasteiger partial charge in [-0.1, -0.05) is 6.07 Å². The van der Waals surface area contributed by atoms with E-state index in [9.17, 15) is 14.9 Å². The number of aryl methyl sites for hydroxylation is 2. The van der Waals surface area contributed by atoms with E-state index < -0.39 is 4.92 Å². The summed E-state index contributed by atoms with van der Waals surface area (Å²) in [7, 11) is 0. The molecule has 124 valence electrons. The number of anilines is 1. The number of hydrogen-bond acceptors (Lipinski definition) is 4. The van der Waals surface area contributed by atoms with Crippen LogP contribution in [0.5, 0.6) is 0 Å². The van der Waals surface area contributed by atoms with E-state index in [4.69, 9.17) is 0 Å². The maximum atomic E-state index is 12.5. The third-order valence-electron chi connectivity index (χ3n) is 4.31. The van der Waals surface area contributed by atoms with Crippen molar-refractivity contribution in [1.29, 1.82) is 0 Å². The van der Waals surface area contributed by atoms with Crippen molar-refractivity contribution in [2.24, 2.45) is 0 Å². The summed E-state index contributed by atoms with van der Waals surface area (Å²) in [6, 6.07) is 10.9. The maximum Gasteiger partial charge on any atom is 0.269 e. The smallest absolute Gasteiger partial charge is 0.269 e. The molecule has 1 aliphatic heterocycles. The summed E-state index contributed by atoms with van der Waals surface area (Å²) in [5, 5.41) is 10.8. The molecule has 0 spiro atoms. The highest BCUT2D eigenvalue weighted by Crippen LogP contribution is 2.32. The molecule has 0 fully saturated rings. The lowest BCUT2D eigenvalue weighted by Crippen LogP contribution is -2.30. The average Bonchev–Trinajstić information content (AvgIpc) is 2.98. The molecule has 0 radical (unpaired) electrons. The second-order valence-electron chi connectivity index (χ2n) is 5.90. The molecular weight excluding hydrogens is 324 g/mol. The van der Waals surface area contributed by atoms with Crippen LogP contribution in [0.3, 0.4) is 0 Å². The van der Waals surface area contributed by atoms with Crippen molar-refractivity contribution in [2.45, 2.75) is 25.2 Å². The van der Waals surface area contributed by atoms with Gasteiger partial charge in [-0.15, -0.1) is 11.8 Å². The molecular formula is C18H18N2O3S. The molecule has 0 saturated heterocycles. The molecule has 1 aliphatic rings. The maximum absolute atomic E-state index is 12.5. The Labute approximate surface area is 144 Å². The molecule has 0 saturated carbocycles. The largest absolute Gasteiger partial charge is 0.311 e. The van der Waals surface area contributed by atoms with E-state index in [0.29, 0.717) is 18.7 Å². The van der Waals surface area contributed by atoms with Crippen molar-refractivity contribution < 1.29 is 9.72 Å². The lowest BCUT2D eigenvalue weighted by atomic mass is 10.1. The molecule has 0 atom stereocenters. The number of nitro benzene ring substituents is 1. The van der Waals surface area contributed by atoms with Gasteiger partial charge in [0.1, 0.15) is 0 Å². The third kappa shape index (κ3) is 3.28. The van der Waals surface area contributed by atoms with E-state index >= 15 is 0 Å². The molecule has 24 heavy (non-hydrogen) atoms. The topological polar surface area (TPSA) is 63.5 Å². The average molecular weight is 342 g/mol. The molecule has 0 bridgehead atoms. The van der Waals surface area contributed by atoms with Gasteiger partial charge < -0.3 is 4.90 Å². The first kappa shape index (κ1) is 16.5. The van der Waals surface area contributed by atoms with E-state index in [1.165, 1.54) is 29.0 Å². The molecule has 2 aromatic carbocycles. The second-order valence-corrected chi connectivity index (χ2v) is 6.95. The Morgan fingerprint density at radius 2 is 2.00 bits per heavy atom. The minimum absolute atomic E-state index is 0.0332. The van der Waals surface area contributed by atoms with E-state index in [1.54, 1.807) is 17.0 Å². The van der Waals surface area contributed by atoms with Crippen molar-refractivity contribution >= 4 is 29.0 Å². The number of carbonyl (C=O) groups excluding carboxylic acids is 1. The molecule has 0 unspecified atom stereocenters. The summed E-state index contributed by atoms with van der Waals surface area (Å²) in [6.07, 6.45) is 0.664. The van der Waals surface area contributed by atoms with E-state index in [-0.39, 0.29) is 11.6 Å². The molecule has 0 N–H and O–H groups in total. The van der Waals surface area contributed by atoms with E-state index in [2.05, 4.69) is 26.0 Å². The second kappa shape index (κ2) is 6.65. The highest BCUT2D eigenvalue weighted by molar-refractivity contribution is 8.00. The molecule has 0 aromatic heterocycles. The molecule has 5 nitrogen and oxygen atoms in total. The Morgan fingerprint density at radius 3 is 2.71 bits per heavy atom. The Morgan fingerprint density at radius 1 is 1.21 bits per heavy atom. The van der Waals surface area contributed by atoms with Crippen molar-refractivity contribution in [1.82, 2.24) is 0 Å². The number of nitro groups is 1.